The molecule has 3 N–H and O–H groups in total. The smallest absolute Gasteiger partial charge is 0.0520 e. The number of para-hydroxylation sites is 1. The number of hydrogen-bond donors (Lipinski definition) is 2. The van der Waals surface area contributed by atoms with E-state index in [9.17, 15) is 0 Å². The molecule has 25 heavy (non-hydrogen) atoms. The molecule has 0 fully saturated rings. The largest absolute Gasteiger partial charge is 0.324 e. The molecule has 0 spiro atoms. The molecular formula is C23H20N2. The Kier molecular flexibility index (Phi) is 4.19. The van der Waals surface area contributed by atoms with Crippen LogP contribution in [-0.2, 0) is 6.42 Å². The van der Waals surface area contributed by atoms with Gasteiger partial charge in [-0.2, -0.15) is 0 Å². The van der Waals surface area contributed by atoms with Gasteiger partial charge in [-0.05, 0) is 45.5 Å². The zero-order chi connectivity index (χ0) is 17.1. The van der Waals surface area contributed by atoms with Crippen LogP contribution in [0.2, 0.25) is 0 Å². The second kappa shape index (κ2) is 6.80. The third-order valence-corrected chi connectivity index (χ3v) is 4.62. The van der Waals surface area contributed by atoms with Crippen LogP contribution in [0.3, 0.4) is 0 Å². The maximum absolute atomic E-state index is 5.61. The molecule has 0 aliphatic rings. The molecule has 2 heteroatoms. The summed E-state index contributed by atoms with van der Waals surface area (Å²) in [6, 6.07) is 31.9. The molecule has 0 aliphatic heterocycles. The molecule has 0 aromatic heterocycles. The molecule has 0 heterocycles. The number of rotatable bonds is 4. The number of nitrogens with one attached hydrogen (secondary N) is 1. The maximum atomic E-state index is 5.61. The van der Waals surface area contributed by atoms with Crippen molar-refractivity contribution in [2.75, 3.05) is 5.43 Å². The lowest BCUT2D eigenvalue weighted by atomic mass is 9.96. The normalized spacial score (nSPS) is 10.8. The number of nitrogens with two attached hydrogens (primary N) is 1. The van der Waals surface area contributed by atoms with Gasteiger partial charge in [-0.1, -0.05) is 84.9 Å². The second-order valence-corrected chi connectivity index (χ2v) is 6.20. The highest BCUT2D eigenvalue weighted by molar-refractivity contribution is 5.96. The lowest BCUT2D eigenvalue weighted by Crippen LogP contribution is -2.09. The van der Waals surface area contributed by atoms with Crippen LogP contribution < -0.4 is 11.3 Å². The summed E-state index contributed by atoms with van der Waals surface area (Å²) in [7, 11) is 0. The molecule has 0 atom stereocenters. The first-order valence-electron chi connectivity index (χ1n) is 8.47. The molecule has 0 aliphatic carbocycles. The molecule has 4 aromatic carbocycles. The lowest BCUT2D eigenvalue weighted by Gasteiger charge is -2.10. The summed E-state index contributed by atoms with van der Waals surface area (Å²) >= 11 is 0. The van der Waals surface area contributed by atoms with Crippen LogP contribution in [0.4, 0.5) is 5.69 Å². The summed E-state index contributed by atoms with van der Waals surface area (Å²) in [5.74, 6) is 5.61. The van der Waals surface area contributed by atoms with Gasteiger partial charge >= 0.3 is 0 Å². The van der Waals surface area contributed by atoms with E-state index in [0.717, 1.165) is 12.1 Å². The minimum absolute atomic E-state index is 0.857. The molecule has 0 radical (unpaired) electrons. The first kappa shape index (κ1) is 15.4. The van der Waals surface area contributed by atoms with Crippen molar-refractivity contribution in [3.8, 4) is 11.1 Å². The lowest BCUT2D eigenvalue weighted by molar-refractivity contribution is 1.17. The predicted octanol–water partition coefficient (Wildman–Crippen LogP) is 5.38. The van der Waals surface area contributed by atoms with Gasteiger partial charge in [-0.25, -0.2) is 0 Å². The summed E-state index contributed by atoms with van der Waals surface area (Å²) < 4.78 is 0. The van der Waals surface area contributed by atoms with Crippen LogP contribution in [-0.4, -0.2) is 0 Å². The summed E-state index contributed by atoms with van der Waals surface area (Å²) in [6.45, 7) is 0. The molecule has 4 rings (SSSR count). The van der Waals surface area contributed by atoms with E-state index in [1.807, 2.05) is 18.2 Å². The van der Waals surface area contributed by atoms with Gasteiger partial charge in [0.15, 0.2) is 0 Å². The van der Waals surface area contributed by atoms with Gasteiger partial charge in [0.2, 0.25) is 0 Å². The van der Waals surface area contributed by atoms with Gasteiger partial charge in [0.25, 0.3) is 0 Å². The van der Waals surface area contributed by atoms with Crippen molar-refractivity contribution in [1.29, 1.82) is 0 Å². The first-order valence-corrected chi connectivity index (χ1v) is 8.47. The molecule has 0 unspecified atom stereocenters. The summed E-state index contributed by atoms with van der Waals surface area (Å²) in [4.78, 5) is 0. The van der Waals surface area contributed by atoms with Crippen molar-refractivity contribution in [3.63, 3.8) is 0 Å². The van der Waals surface area contributed by atoms with E-state index >= 15 is 0 Å². The summed E-state index contributed by atoms with van der Waals surface area (Å²) in [6.07, 6.45) is 0.857. The Balaban J connectivity index is 1.66. The third-order valence-electron chi connectivity index (χ3n) is 4.62. The molecule has 122 valence electrons. The monoisotopic (exact) mass is 324 g/mol. The molecule has 0 amide bonds. The molecule has 0 saturated heterocycles. The fourth-order valence-corrected chi connectivity index (χ4v) is 3.31. The van der Waals surface area contributed by atoms with Gasteiger partial charge in [0.1, 0.15) is 0 Å². The Bertz CT molecular complexity index is 998. The van der Waals surface area contributed by atoms with Crippen LogP contribution >= 0.6 is 0 Å². The molecule has 0 saturated carbocycles. The van der Waals surface area contributed by atoms with Crippen molar-refractivity contribution >= 4 is 16.5 Å². The van der Waals surface area contributed by atoms with E-state index in [0.29, 0.717) is 0 Å². The average Bonchev–Trinajstić information content (AvgIpc) is 2.69. The first-order chi connectivity index (χ1) is 12.3. The van der Waals surface area contributed by atoms with E-state index < -0.39 is 0 Å². The van der Waals surface area contributed by atoms with Gasteiger partial charge < -0.3 is 5.43 Å². The Labute approximate surface area is 147 Å². The van der Waals surface area contributed by atoms with Crippen molar-refractivity contribution in [2.24, 2.45) is 5.84 Å². The number of nitrogen functional groups attached to an aromatic ring is 1. The predicted molar refractivity (Wildman–Crippen MR) is 106 cm³/mol. The van der Waals surface area contributed by atoms with E-state index in [4.69, 9.17) is 5.84 Å². The average molecular weight is 324 g/mol. The zero-order valence-electron chi connectivity index (χ0n) is 13.9. The van der Waals surface area contributed by atoms with Crippen LogP contribution in [0, 0.1) is 0 Å². The van der Waals surface area contributed by atoms with Gasteiger partial charge in [-0.3, -0.25) is 5.84 Å². The highest BCUT2D eigenvalue weighted by atomic mass is 15.2. The Morgan fingerprint density at radius 1 is 0.680 bits per heavy atom. The summed E-state index contributed by atoms with van der Waals surface area (Å²) in [5.41, 5.74) is 8.73. The number of fused-ring (bicyclic) bond motifs is 1. The second-order valence-electron chi connectivity index (χ2n) is 6.20. The molecular weight excluding hydrogens is 304 g/mol. The van der Waals surface area contributed by atoms with Crippen LogP contribution in [0.25, 0.3) is 21.9 Å². The standard InChI is InChI=1S/C23H20N2/c24-25-23-11-4-2-7-20(23)16-17-12-14-19(15-13-17)22-10-5-8-18-6-1-3-9-21(18)22/h1-15,25H,16,24H2. The quantitative estimate of drug-likeness (QED) is 0.390. The van der Waals surface area contributed by atoms with E-state index in [1.54, 1.807) is 0 Å². The van der Waals surface area contributed by atoms with Crippen molar-refractivity contribution in [3.05, 3.63) is 102 Å². The van der Waals surface area contributed by atoms with Crippen molar-refractivity contribution in [1.82, 2.24) is 0 Å². The Morgan fingerprint density at radius 2 is 1.40 bits per heavy atom. The molecule has 2 nitrogen and oxygen atoms in total. The van der Waals surface area contributed by atoms with Crippen LogP contribution in [0.5, 0.6) is 0 Å². The number of hydrogen-bond acceptors (Lipinski definition) is 2. The van der Waals surface area contributed by atoms with E-state index in [1.165, 1.54) is 33.0 Å². The van der Waals surface area contributed by atoms with Crippen LogP contribution in [0.1, 0.15) is 11.1 Å². The third kappa shape index (κ3) is 3.12. The van der Waals surface area contributed by atoms with Gasteiger partial charge in [-0.15, -0.1) is 0 Å². The van der Waals surface area contributed by atoms with Gasteiger partial charge in [0, 0.05) is 0 Å². The minimum atomic E-state index is 0.857. The van der Waals surface area contributed by atoms with E-state index in [-0.39, 0.29) is 0 Å². The summed E-state index contributed by atoms with van der Waals surface area (Å²) in [5, 5.41) is 2.56. The highest BCUT2D eigenvalue weighted by Gasteiger charge is 2.05. The fourth-order valence-electron chi connectivity index (χ4n) is 3.31. The van der Waals surface area contributed by atoms with Crippen LogP contribution in [0.15, 0.2) is 91.0 Å². The van der Waals surface area contributed by atoms with E-state index in [2.05, 4.69) is 78.2 Å². The number of benzene rings is 4. The number of anilines is 1. The van der Waals surface area contributed by atoms with Gasteiger partial charge in [0.05, 0.1) is 5.69 Å². The maximum Gasteiger partial charge on any atom is 0.0520 e. The SMILES string of the molecule is NNc1ccccc1Cc1ccc(-c2cccc3ccccc23)cc1. The highest BCUT2D eigenvalue weighted by Crippen LogP contribution is 2.29. The fraction of sp³-hybridized carbons (Fsp3) is 0.0435. The minimum Gasteiger partial charge on any atom is -0.324 e. The zero-order valence-corrected chi connectivity index (χ0v) is 13.9. The van der Waals surface area contributed by atoms with Crippen molar-refractivity contribution < 1.29 is 0 Å². The topological polar surface area (TPSA) is 38.0 Å². The molecule has 0 bridgehead atoms. The Morgan fingerprint density at radius 3 is 2.24 bits per heavy atom. The number of hydrazine groups is 1. The Hall–Kier alpha value is -3.10. The van der Waals surface area contributed by atoms with Crippen molar-refractivity contribution in [2.45, 2.75) is 6.42 Å². The molecule has 4 aromatic rings.